The highest BCUT2D eigenvalue weighted by Gasteiger charge is 2.34. The maximum absolute atomic E-state index is 12.1. The number of aromatic nitrogens is 1. The minimum absolute atomic E-state index is 0.0696. The molecule has 0 saturated carbocycles. The predicted molar refractivity (Wildman–Crippen MR) is 63.3 cm³/mol. The second-order valence-corrected chi connectivity index (χ2v) is 4.71. The van der Waals surface area contributed by atoms with Gasteiger partial charge in [-0.1, -0.05) is 0 Å². The summed E-state index contributed by atoms with van der Waals surface area (Å²) in [5.74, 6) is -0.0696. The highest BCUT2D eigenvalue weighted by Crippen LogP contribution is 2.22. The number of nitrogens with zero attached hydrogens (tertiary/aromatic N) is 2. The minimum Gasteiger partial charge on any atom is -0.388 e. The molecular formula is C12H17N3O2. The molecule has 2 heterocycles. The molecule has 1 fully saturated rings. The van der Waals surface area contributed by atoms with Crippen LogP contribution in [0.4, 0.5) is 0 Å². The lowest BCUT2D eigenvalue weighted by atomic mass is 10.1. The first-order valence-corrected chi connectivity index (χ1v) is 5.68. The van der Waals surface area contributed by atoms with Crippen LogP contribution in [-0.2, 0) is 6.54 Å². The molecule has 3 N–H and O–H groups in total. The zero-order valence-corrected chi connectivity index (χ0v) is 9.89. The topological polar surface area (TPSA) is 79.5 Å². The van der Waals surface area contributed by atoms with Crippen LogP contribution in [-0.4, -0.2) is 39.6 Å². The number of rotatable bonds is 2. The fourth-order valence-corrected chi connectivity index (χ4v) is 2.02. The first-order valence-electron chi connectivity index (χ1n) is 5.68. The van der Waals surface area contributed by atoms with Crippen molar-refractivity contribution in [2.75, 3.05) is 13.1 Å². The van der Waals surface area contributed by atoms with Gasteiger partial charge in [-0.15, -0.1) is 0 Å². The lowest BCUT2D eigenvalue weighted by Gasteiger charge is -2.19. The van der Waals surface area contributed by atoms with E-state index < -0.39 is 5.60 Å². The number of aliphatic hydroxyl groups is 1. The van der Waals surface area contributed by atoms with E-state index in [0.29, 0.717) is 37.3 Å². The lowest BCUT2D eigenvalue weighted by Crippen LogP contribution is -2.34. The number of carbonyl (C=O) groups is 1. The molecule has 1 aliphatic heterocycles. The first-order chi connectivity index (χ1) is 8.02. The second-order valence-electron chi connectivity index (χ2n) is 4.71. The van der Waals surface area contributed by atoms with Crippen LogP contribution < -0.4 is 5.73 Å². The van der Waals surface area contributed by atoms with Crippen LogP contribution in [0.15, 0.2) is 18.3 Å². The Morgan fingerprint density at radius 3 is 3.06 bits per heavy atom. The zero-order valence-electron chi connectivity index (χ0n) is 9.89. The maximum atomic E-state index is 12.1. The van der Waals surface area contributed by atoms with Crippen molar-refractivity contribution in [2.45, 2.75) is 25.5 Å². The van der Waals surface area contributed by atoms with E-state index >= 15 is 0 Å². The van der Waals surface area contributed by atoms with Crippen molar-refractivity contribution in [3.63, 3.8) is 0 Å². The Bertz CT molecular complexity index is 432. The van der Waals surface area contributed by atoms with Gasteiger partial charge in [0, 0.05) is 31.4 Å². The van der Waals surface area contributed by atoms with Gasteiger partial charge in [-0.25, -0.2) is 0 Å². The van der Waals surface area contributed by atoms with Gasteiger partial charge in [0.2, 0.25) is 0 Å². The quantitative estimate of drug-likeness (QED) is 0.764. The summed E-state index contributed by atoms with van der Waals surface area (Å²) in [6.07, 6.45) is 2.21. The summed E-state index contributed by atoms with van der Waals surface area (Å²) < 4.78 is 0. The third-order valence-corrected chi connectivity index (χ3v) is 3.01. The molecule has 5 heteroatoms. The third-order valence-electron chi connectivity index (χ3n) is 3.01. The fourth-order valence-electron chi connectivity index (χ4n) is 2.02. The smallest absolute Gasteiger partial charge is 0.254 e. The molecule has 1 saturated heterocycles. The average molecular weight is 235 g/mol. The van der Waals surface area contributed by atoms with Crippen LogP contribution in [0.25, 0.3) is 0 Å². The van der Waals surface area contributed by atoms with Gasteiger partial charge in [0.15, 0.2) is 0 Å². The van der Waals surface area contributed by atoms with Crippen molar-refractivity contribution >= 4 is 5.91 Å². The number of likely N-dealkylation sites (tertiary alicyclic amines) is 1. The molecule has 92 valence electrons. The Hall–Kier alpha value is -1.46. The molecule has 1 atom stereocenters. The summed E-state index contributed by atoms with van der Waals surface area (Å²) in [5.41, 5.74) is 6.00. The number of nitrogens with two attached hydrogens (primary N) is 1. The lowest BCUT2D eigenvalue weighted by molar-refractivity contribution is 0.0572. The normalized spacial score (nSPS) is 24.1. The molecule has 2 rings (SSSR count). The minimum atomic E-state index is -0.764. The molecule has 1 amide bonds. The van der Waals surface area contributed by atoms with E-state index in [1.165, 1.54) is 0 Å². The Labute approximate surface area is 100 Å². The van der Waals surface area contributed by atoms with Crippen molar-refractivity contribution in [1.82, 2.24) is 9.88 Å². The summed E-state index contributed by atoms with van der Waals surface area (Å²) in [4.78, 5) is 17.9. The standard InChI is InChI=1S/C12H17N3O2/c1-12(17)3-5-15(8-12)11(16)9-2-4-14-10(6-9)7-13/h2,4,6,17H,3,5,7-8,13H2,1H3. The Kier molecular flexibility index (Phi) is 3.13. The molecule has 1 unspecified atom stereocenters. The summed E-state index contributed by atoms with van der Waals surface area (Å²) in [5, 5.41) is 9.84. The number of pyridine rings is 1. The number of β-amino-alcohol motifs (C(OH)–C–C–N with tert-alkyl or cyclic N) is 1. The van der Waals surface area contributed by atoms with E-state index in [-0.39, 0.29) is 5.91 Å². The molecule has 17 heavy (non-hydrogen) atoms. The van der Waals surface area contributed by atoms with E-state index in [0.717, 1.165) is 0 Å². The maximum Gasteiger partial charge on any atom is 0.254 e. The average Bonchev–Trinajstić information content (AvgIpc) is 2.69. The van der Waals surface area contributed by atoms with Crippen LogP contribution in [0.5, 0.6) is 0 Å². The molecule has 1 aromatic heterocycles. The molecule has 0 aliphatic carbocycles. The van der Waals surface area contributed by atoms with Gasteiger partial charge in [-0.3, -0.25) is 9.78 Å². The molecule has 5 nitrogen and oxygen atoms in total. The molecule has 0 bridgehead atoms. The summed E-state index contributed by atoms with van der Waals surface area (Å²) in [7, 11) is 0. The van der Waals surface area contributed by atoms with Crippen molar-refractivity contribution in [1.29, 1.82) is 0 Å². The van der Waals surface area contributed by atoms with Gasteiger partial charge in [0.1, 0.15) is 0 Å². The van der Waals surface area contributed by atoms with E-state index in [9.17, 15) is 9.90 Å². The van der Waals surface area contributed by atoms with Crippen molar-refractivity contribution in [3.8, 4) is 0 Å². The van der Waals surface area contributed by atoms with E-state index in [4.69, 9.17) is 5.73 Å². The van der Waals surface area contributed by atoms with Crippen LogP contribution in [0, 0.1) is 0 Å². The molecule has 1 aliphatic rings. The fraction of sp³-hybridized carbons (Fsp3) is 0.500. The van der Waals surface area contributed by atoms with Gasteiger partial charge in [-0.2, -0.15) is 0 Å². The van der Waals surface area contributed by atoms with Gasteiger partial charge < -0.3 is 15.7 Å². The summed E-state index contributed by atoms with van der Waals surface area (Å²) >= 11 is 0. The van der Waals surface area contributed by atoms with Crippen LogP contribution in [0.3, 0.4) is 0 Å². The van der Waals surface area contributed by atoms with Gasteiger partial charge in [-0.05, 0) is 25.5 Å². The van der Waals surface area contributed by atoms with Gasteiger partial charge in [0.05, 0.1) is 11.3 Å². The van der Waals surface area contributed by atoms with Gasteiger partial charge in [0.25, 0.3) is 5.91 Å². The second kappa shape index (κ2) is 4.43. The Balaban J connectivity index is 2.15. The largest absolute Gasteiger partial charge is 0.388 e. The summed E-state index contributed by atoms with van der Waals surface area (Å²) in [6.45, 7) is 3.04. The highest BCUT2D eigenvalue weighted by atomic mass is 16.3. The summed E-state index contributed by atoms with van der Waals surface area (Å²) in [6, 6.07) is 3.38. The number of carbonyl (C=O) groups excluding carboxylic acids is 1. The van der Waals surface area contributed by atoms with Crippen LogP contribution >= 0.6 is 0 Å². The SMILES string of the molecule is CC1(O)CCN(C(=O)c2ccnc(CN)c2)C1. The molecule has 0 radical (unpaired) electrons. The monoisotopic (exact) mass is 235 g/mol. The van der Waals surface area contributed by atoms with E-state index in [1.807, 2.05) is 0 Å². The number of hydrogen-bond acceptors (Lipinski definition) is 4. The van der Waals surface area contributed by atoms with Gasteiger partial charge >= 0.3 is 0 Å². The molecular weight excluding hydrogens is 218 g/mol. The van der Waals surface area contributed by atoms with Crippen molar-refractivity contribution in [3.05, 3.63) is 29.6 Å². The van der Waals surface area contributed by atoms with Crippen LogP contribution in [0.2, 0.25) is 0 Å². The van der Waals surface area contributed by atoms with Crippen LogP contribution in [0.1, 0.15) is 29.4 Å². The molecule has 1 aromatic rings. The number of amides is 1. The molecule has 0 spiro atoms. The Morgan fingerprint density at radius 2 is 2.47 bits per heavy atom. The van der Waals surface area contributed by atoms with Crippen molar-refractivity contribution in [2.24, 2.45) is 5.73 Å². The first kappa shape index (κ1) is 12.0. The molecule has 0 aromatic carbocycles. The third kappa shape index (κ3) is 2.62. The number of hydrogen-bond donors (Lipinski definition) is 2. The van der Waals surface area contributed by atoms with E-state index in [1.54, 1.807) is 30.2 Å². The zero-order chi connectivity index (χ0) is 12.5. The highest BCUT2D eigenvalue weighted by molar-refractivity contribution is 5.94. The predicted octanol–water partition coefficient (Wildman–Crippen LogP) is 0.137. The van der Waals surface area contributed by atoms with E-state index in [2.05, 4.69) is 4.98 Å². The van der Waals surface area contributed by atoms with Crippen molar-refractivity contribution < 1.29 is 9.90 Å². The Morgan fingerprint density at radius 1 is 1.71 bits per heavy atom.